The molecule has 0 rings (SSSR count). The lowest BCUT2D eigenvalue weighted by Gasteiger charge is -2.21. The summed E-state index contributed by atoms with van der Waals surface area (Å²) in [5.74, 6) is -0.623. The van der Waals surface area contributed by atoms with Crippen LogP contribution in [-0.2, 0) is 65.4 Å². The van der Waals surface area contributed by atoms with E-state index in [9.17, 15) is 43.2 Å². The minimum Gasteiger partial charge on any atom is -0.462 e. The third kappa shape index (κ3) is 60.7. The third-order valence-corrected chi connectivity index (χ3v) is 17.1. The number of phosphoric ester groups is 2. The van der Waals surface area contributed by atoms with E-state index in [1.165, 1.54) is 128 Å². The quantitative estimate of drug-likeness (QED) is 0.0222. The lowest BCUT2D eigenvalue weighted by molar-refractivity contribution is -0.161. The molecule has 19 heteroatoms. The highest BCUT2D eigenvalue weighted by Gasteiger charge is 2.30. The minimum absolute atomic E-state index is 0.105. The number of hydrogen-bond acceptors (Lipinski definition) is 15. The number of carbonyl (C=O) groups excluding carboxylic acids is 4. The number of esters is 4. The first kappa shape index (κ1) is 83.1. The molecule has 5 atom stereocenters. The number of rotatable bonds is 65. The van der Waals surface area contributed by atoms with E-state index in [-0.39, 0.29) is 25.7 Å². The van der Waals surface area contributed by atoms with Crippen LogP contribution in [0.2, 0.25) is 0 Å². The Bertz CT molecular complexity index is 1670. The Morgan fingerprint density at radius 3 is 0.800 bits per heavy atom. The molecular weight excluding hydrogens is 1130 g/mol. The van der Waals surface area contributed by atoms with Gasteiger partial charge in [-0.25, -0.2) is 9.13 Å². The number of carbonyl (C=O) groups is 4. The molecule has 0 spiro atoms. The molecule has 504 valence electrons. The zero-order chi connectivity index (χ0) is 62.9. The van der Waals surface area contributed by atoms with Gasteiger partial charge in [0.1, 0.15) is 19.3 Å². The van der Waals surface area contributed by atoms with Crippen LogP contribution in [0.15, 0.2) is 0 Å². The van der Waals surface area contributed by atoms with Crippen LogP contribution >= 0.6 is 15.6 Å². The Balaban J connectivity index is 5.14. The maximum atomic E-state index is 13.0. The fraction of sp³-hybridized carbons (Fsp3) is 0.939. The molecule has 0 bridgehead atoms. The van der Waals surface area contributed by atoms with Crippen LogP contribution in [0.25, 0.3) is 0 Å². The molecule has 0 saturated carbocycles. The minimum atomic E-state index is -4.95. The molecule has 0 aromatic heterocycles. The average Bonchev–Trinajstić information content (AvgIpc) is 3.62. The second-order valence-corrected chi connectivity index (χ2v) is 27.7. The Kier molecular flexibility index (Phi) is 57.1. The monoisotopic (exact) mass is 1250 g/mol. The Morgan fingerprint density at radius 2 is 0.541 bits per heavy atom. The number of aliphatic hydroxyl groups is 1. The maximum absolute atomic E-state index is 13.0. The molecule has 0 aromatic rings. The molecule has 2 unspecified atom stereocenters. The van der Waals surface area contributed by atoms with Gasteiger partial charge in [0.25, 0.3) is 0 Å². The lowest BCUT2D eigenvalue weighted by Crippen LogP contribution is -2.30. The summed E-state index contributed by atoms with van der Waals surface area (Å²) in [4.78, 5) is 72.1. The molecule has 0 radical (unpaired) electrons. The van der Waals surface area contributed by atoms with Gasteiger partial charge in [-0.2, -0.15) is 0 Å². The van der Waals surface area contributed by atoms with Crippen molar-refractivity contribution < 1.29 is 80.2 Å². The Labute approximate surface area is 517 Å². The fourth-order valence-electron chi connectivity index (χ4n) is 9.88. The summed E-state index contributed by atoms with van der Waals surface area (Å²) in [7, 11) is -9.88. The van der Waals surface area contributed by atoms with E-state index in [0.29, 0.717) is 31.6 Å². The molecule has 17 nitrogen and oxygen atoms in total. The van der Waals surface area contributed by atoms with Gasteiger partial charge in [-0.3, -0.25) is 37.3 Å². The topological polar surface area (TPSA) is 237 Å². The average molecular weight is 1260 g/mol. The van der Waals surface area contributed by atoms with Gasteiger partial charge in [0.15, 0.2) is 12.2 Å². The van der Waals surface area contributed by atoms with Gasteiger partial charge >= 0.3 is 39.5 Å². The van der Waals surface area contributed by atoms with E-state index in [1.807, 2.05) is 0 Å². The first-order chi connectivity index (χ1) is 40.9. The summed E-state index contributed by atoms with van der Waals surface area (Å²) < 4.78 is 67.9. The van der Waals surface area contributed by atoms with Gasteiger partial charge < -0.3 is 33.8 Å². The normalized spacial score (nSPS) is 14.2. The van der Waals surface area contributed by atoms with Gasteiger partial charge in [0.2, 0.25) is 0 Å². The molecule has 0 aromatic carbocycles. The zero-order valence-corrected chi connectivity index (χ0v) is 56.7. The molecule has 0 saturated heterocycles. The van der Waals surface area contributed by atoms with Crippen molar-refractivity contribution in [3.63, 3.8) is 0 Å². The van der Waals surface area contributed by atoms with Crippen molar-refractivity contribution in [2.75, 3.05) is 39.6 Å². The van der Waals surface area contributed by atoms with Gasteiger partial charge in [-0.05, 0) is 37.5 Å². The number of unbranched alkanes of at least 4 members (excludes halogenated alkanes) is 35. The summed E-state index contributed by atoms with van der Waals surface area (Å²) in [6.07, 6.45) is 42.0. The van der Waals surface area contributed by atoms with Crippen molar-refractivity contribution in [1.29, 1.82) is 0 Å². The standard InChI is InChI=1S/C66H128O17P2/c1-7-9-11-13-15-24-31-38-44-50-65(70)82-61(54-76-63(68)48-42-36-28-14-12-10-8-2)56-80-84(72,73)78-52-60(67)53-79-85(74,75)81-57-62(55-77-64(69)49-43-37-33-27-30-35-41-47-59(5)6)83-66(71)51-45-39-32-26-23-21-19-17-16-18-20-22-25-29-34-40-46-58(3)4/h58-62,67H,7-57H2,1-6H3,(H,72,73)(H,74,75)/t60-,61+,62+/m0/s1. The van der Waals surface area contributed by atoms with Gasteiger partial charge in [0.05, 0.1) is 26.4 Å². The highest BCUT2D eigenvalue weighted by atomic mass is 31.2. The molecule has 0 aliphatic carbocycles. The summed E-state index contributed by atoms with van der Waals surface area (Å²) >= 11 is 0. The van der Waals surface area contributed by atoms with Crippen LogP contribution in [0.5, 0.6) is 0 Å². The van der Waals surface area contributed by atoms with Crippen molar-refractivity contribution >= 4 is 39.5 Å². The number of aliphatic hydroxyl groups excluding tert-OH is 1. The van der Waals surface area contributed by atoms with Crippen molar-refractivity contribution in [2.24, 2.45) is 11.8 Å². The van der Waals surface area contributed by atoms with E-state index >= 15 is 0 Å². The second-order valence-electron chi connectivity index (χ2n) is 24.8. The van der Waals surface area contributed by atoms with Crippen molar-refractivity contribution in [3.8, 4) is 0 Å². The summed E-state index contributed by atoms with van der Waals surface area (Å²) in [5.41, 5.74) is 0. The highest BCUT2D eigenvalue weighted by molar-refractivity contribution is 7.47. The lowest BCUT2D eigenvalue weighted by atomic mass is 10.0. The van der Waals surface area contributed by atoms with E-state index in [4.69, 9.17) is 37.0 Å². The van der Waals surface area contributed by atoms with E-state index in [0.717, 1.165) is 115 Å². The Hall–Kier alpha value is -1.94. The van der Waals surface area contributed by atoms with Gasteiger partial charge in [-0.1, -0.05) is 279 Å². The van der Waals surface area contributed by atoms with Crippen LogP contribution in [-0.4, -0.2) is 96.7 Å². The van der Waals surface area contributed by atoms with E-state index in [1.54, 1.807) is 0 Å². The molecule has 3 N–H and O–H groups in total. The number of phosphoric acid groups is 2. The molecule has 0 aliphatic heterocycles. The molecule has 0 amide bonds. The van der Waals surface area contributed by atoms with Crippen LogP contribution in [0.4, 0.5) is 0 Å². The maximum Gasteiger partial charge on any atom is 0.472 e. The van der Waals surface area contributed by atoms with Crippen molar-refractivity contribution in [3.05, 3.63) is 0 Å². The zero-order valence-electron chi connectivity index (χ0n) is 54.9. The second kappa shape index (κ2) is 58.4. The molecule has 0 fully saturated rings. The number of hydrogen-bond donors (Lipinski definition) is 3. The van der Waals surface area contributed by atoms with Crippen molar-refractivity contribution in [2.45, 2.75) is 349 Å². The predicted octanol–water partition coefficient (Wildman–Crippen LogP) is 18.4. The Morgan fingerprint density at radius 1 is 0.318 bits per heavy atom. The largest absolute Gasteiger partial charge is 0.472 e. The summed E-state index contributed by atoms with van der Waals surface area (Å²) in [5, 5.41) is 10.5. The number of ether oxygens (including phenoxy) is 4. The van der Waals surface area contributed by atoms with Crippen LogP contribution in [0.3, 0.4) is 0 Å². The smallest absolute Gasteiger partial charge is 0.462 e. The molecular formula is C66H128O17P2. The summed E-state index contributed by atoms with van der Waals surface area (Å²) in [6.45, 7) is 9.43. The molecule has 0 heterocycles. The SMILES string of the molecule is CCCCCCCCCCCC(=O)O[C@H](COC(=O)CCCCCCCCC)COP(=O)(O)OC[C@H](O)COP(=O)(O)OC[C@@H](COC(=O)CCCCCCCCCC(C)C)OC(=O)CCCCCCCCCCCCCCCCCCC(C)C. The summed E-state index contributed by atoms with van der Waals surface area (Å²) in [6, 6.07) is 0. The van der Waals surface area contributed by atoms with Crippen molar-refractivity contribution in [1.82, 2.24) is 0 Å². The van der Waals surface area contributed by atoms with Crippen LogP contribution in [0, 0.1) is 11.8 Å². The van der Waals surface area contributed by atoms with E-state index in [2.05, 4.69) is 41.5 Å². The van der Waals surface area contributed by atoms with Gasteiger partial charge in [0, 0.05) is 25.7 Å². The predicted molar refractivity (Wildman–Crippen MR) is 340 cm³/mol. The first-order valence-corrected chi connectivity index (χ1v) is 37.5. The highest BCUT2D eigenvalue weighted by Crippen LogP contribution is 2.45. The van der Waals surface area contributed by atoms with Crippen LogP contribution < -0.4 is 0 Å². The third-order valence-electron chi connectivity index (χ3n) is 15.2. The first-order valence-electron chi connectivity index (χ1n) is 34.5. The molecule has 0 aliphatic rings. The molecule has 85 heavy (non-hydrogen) atoms. The van der Waals surface area contributed by atoms with Gasteiger partial charge in [-0.15, -0.1) is 0 Å². The van der Waals surface area contributed by atoms with E-state index < -0.39 is 97.5 Å². The van der Waals surface area contributed by atoms with Crippen LogP contribution in [0.1, 0.15) is 330 Å². The fourth-order valence-corrected chi connectivity index (χ4v) is 11.5.